The lowest BCUT2D eigenvalue weighted by atomic mass is 10.2. The maximum atomic E-state index is 4.58. The number of rotatable bonds is 6. The normalized spacial score (nSPS) is 15.2. The maximum absolute atomic E-state index is 4.58. The van der Waals surface area contributed by atoms with Gasteiger partial charge in [0.1, 0.15) is 5.82 Å². The van der Waals surface area contributed by atoms with Gasteiger partial charge >= 0.3 is 0 Å². The summed E-state index contributed by atoms with van der Waals surface area (Å²) in [6, 6.07) is 2.87. The van der Waals surface area contributed by atoms with E-state index in [2.05, 4.69) is 58.1 Å². The molecule has 2 rings (SSSR count). The van der Waals surface area contributed by atoms with Crippen LogP contribution < -0.4 is 10.2 Å². The summed E-state index contributed by atoms with van der Waals surface area (Å²) in [4.78, 5) is 6.89. The van der Waals surface area contributed by atoms with Crippen LogP contribution in [-0.2, 0) is 6.54 Å². The minimum absolute atomic E-state index is 0.676. The lowest BCUT2D eigenvalue weighted by Gasteiger charge is -2.21. The van der Waals surface area contributed by atoms with Crippen LogP contribution in [0.25, 0.3) is 0 Å². The summed E-state index contributed by atoms with van der Waals surface area (Å²) >= 11 is 3.51. The molecule has 100 valence electrons. The van der Waals surface area contributed by atoms with E-state index in [0.717, 1.165) is 23.4 Å². The predicted molar refractivity (Wildman–Crippen MR) is 79.9 cm³/mol. The maximum Gasteiger partial charge on any atom is 0.133 e. The molecular formula is C14H22BrN3. The molecule has 3 nitrogen and oxygen atoms in total. The molecule has 1 aromatic heterocycles. The second-order valence-corrected chi connectivity index (χ2v) is 6.42. The highest BCUT2D eigenvalue weighted by molar-refractivity contribution is 9.10. The van der Waals surface area contributed by atoms with Gasteiger partial charge in [-0.15, -0.1) is 0 Å². The molecule has 1 aliphatic carbocycles. The highest BCUT2D eigenvalue weighted by Crippen LogP contribution is 2.31. The Labute approximate surface area is 118 Å². The second-order valence-electron chi connectivity index (χ2n) is 5.50. The smallest absolute Gasteiger partial charge is 0.133 e. The molecule has 1 aromatic rings. The van der Waals surface area contributed by atoms with Crippen LogP contribution in [0.3, 0.4) is 0 Å². The number of nitrogens with zero attached hydrogens (tertiary/aromatic N) is 2. The van der Waals surface area contributed by atoms with Crippen molar-refractivity contribution in [2.45, 2.75) is 39.3 Å². The summed E-state index contributed by atoms with van der Waals surface area (Å²) in [5.74, 6) is 1.80. The van der Waals surface area contributed by atoms with Gasteiger partial charge in [0.15, 0.2) is 0 Å². The number of anilines is 1. The molecular weight excluding hydrogens is 290 g/mol. The van der Waals surface area contributed by atoms with Crippen LogP contribution in [0, 0.1) is 5.92 Å². The second kappa shape index (κ2) is 6.02. The largest absolute Gasteiger partial charge is 0.356 e. The SMILES string of the molecule is CC(C)CNCc1cc(Br)cnc1N(C)C1CC1. The molecule has 1 fully saturated rings. The fraction of sp³-hybridized carbons (Fsp3) is 0.643. The first-order valence-electron chi connectivity index (χ1n) is 6.66. The van der Waals surface area contributed by atoms with E-state index >= 15 is 0 Å². The third-order valence-electron chi connectivity index (χ3n) is 3.21. The van der Waals surface area contributed by atoms with Crippen molar-refractivity contribution in [1.82, 2.24) is 10.3 Å². The molecule has 0 aromatic carbocycles. The Hall–Kier alpha value is -0.610. The van der Waals surface area contributed by atoms with Gasteiger partial charge in [-0.2, -0.15) is 0 Å². The molecule has 0 atom stereocenters. The highest BCUT2D eigenvalue weighted by atomic mass is 79.9. The molecule has 0 spiro atoms. The van der Waals surface area contributed by atoms with Crippen LogP contribution in [0.2, 0.25) is 0 Å². The van der Waals surface area contributed by atoms with Crippen molar-refractivity contribution >= 4 is 21.7 Å². The Kier molecular flexibility index (Phi) is 4.62. The quantitative estimate of drug-likeness (QED) is 0.874. The molecule has 0 aliphatic heterocycles. The summed E-state index contributed by atoms with van der Waals surface area (Å²) < 4.78 is 1.05. The van der Waals surface area contributed by atoms with E-state index in [4.69, 9.17) is 0 Å². The highest BCUT2D eigenvalue weighted by Gasteiger charge is 2.28. The zero-order valence-corrected chi connectivity index (χ0v) is 13.0. The zero-order chi connectivity index (χ0) is 13.1. The Bertz CT molecular complexity index is 402. The number of halogens is 1. The average molecular weight is 312 g/mol. The van der Waals surface area contributed by atoms with Crippen LogP contribution >= 0.6 is 15.9 Å². The van der Waals surface area contributed by atoms with Gasteiger partial charge in [0.05, 0.1) is 0 Å². The Morgan fingerprint density at radius 1 is 1.50 bits per heavy atom. The van der Waals surface area contributed by atoms with Crippen LogP contribution in [0.5, 0.6) is 0 Å². The third kappa shape index (κ3) is 3.69. The van der Waals surface area contributed by atoms with Gasteiger partial charge in [-0.25, -0.2) is 4.98 Å². The van der Waals surface area contributed by atoms with Crippen LogP contribution in [0.1, 0.15) is 32.3 Å². The molecule has 0 radical (unpaired) electrons. The van der Waals surface area contributed by atoms with E-state index in [1.54, 1.807) is 0 Å². The Balaban J connectivity index is 2.07. The van der Waals surface area contributed by atoms with E-state index < -0.39 is 0 Å². The van der Waals surface area contributed by atoms with Crippen molar-refractivity contribution in [3.05, 3.63) is 22.3 Å². The molecule has 0 bridgehead atoms. The zero-order valence-electron chi connectivity index (χ0n) is 11.4. The summed E-state index contributed by atoms with van der Waals surface area (Å²) in [6.07, 6.45) is 4.49. The monoisotopic (exact) mass is 311 g/mol. The molecule has 0 unspecified atom stereocenters. The van der Waals surface area contributed by atoms with Gasteiger partial charge in [-0.3, -0.25) is 0 Å². The van der Waals surface area contributed by atoms with E-state index in [1.165, 1.54) is 18.4 Å². The molecule has 1 heterocycles. The molecule has 1 saturated carbocycles. The summed E-state index contributed by atoms with van der Waals surface area (Å²) in [7, 11) is 2.15. The minimum atomic E-state index is 0.676. The molecule has 1 N–H and O–H groups in total. The van der Waals surface area contributed by atoms with Crippen LogP contribution in [0.15, 0.2) is 16.7 Å². The first-order chi connectivity index (χ1) is 8.58. The van der Waals surface area contributed by atoms with Gasteiger partial charge < -0.3 is 10.2 Å². The van der Waals surface area contributed by atoms with Crippen molar-refractivity contribution in [2.75, 3.05) is 18.5 Å². The van der Waals surface area contributed by atoms with Crippen molar-refractivity contribution in [3.8, 4) is 0 Å². The average Bonchev–Trinajstić information content (AvgIpc) is 3.11. The van der Waals surface area contributed by atoms with Crippen molar-refractivity contribution in [2.24, 2.45) is 5.92 Å². The number of nitrogens with one attached hydrogen (secondary N) is 1. The topological polar surface area (TPSA) is 28.2 Å². The fourth-order valence-electron chi connectivity index (χ4n) is 2.05. The van der Waals surface area contributed by atoms with E-state index in [1.807, 2.05) is 6.20 Å². The van der Waals surface area contributed by atoms with Crippen LogP contribution in [-0.4, -0.2) is 24.6 Å². The standard InChI is InChI=1S/C14H22BrN3/c1-10(2)7-16-8-11-6-12(15)9-17-14(11)18(3)13-4-5-13/h6,9-10,13,16H,4-5,7-8H2,1-3H3. The van der Waals surface area contributed by atoms with Gasteiger partial charge in [-0.1, -0.05) is 13.8 Å². The van der Waals surface area contributed by atoms with Gasteiger partial charge in [0, 0.05) is 35.9 Å². The number of hydrogen-bond donors (Lipinski definition) is 1. The minimum Gasteiger partial charge on any atom is -0.356 e. The summed E-state index contributed by atoms with van der Waals surface area (Å²) in [6.45, 7) is 6.38. The summed E-state index contributed by atoms with van der Waals surface area (Å²) in [5, 5.41) is 3.50. The first-order valence-corrected chi connectivity index (χ1v) is 7.45. The van der Waals surface area contributed by atoms with Crippen molar-refractivity contribution in [3.63, 3.8) is 0 Å². The van der Waals surface area contributed by atoms with Crippen molar-refractivity contribution < 1.29 is 0 Å². The molecule has 4 heteroatoms. The molecule has 0 saturated heterocycles. The van der Waals surface area contributed by atoms with Gasteiger partial charge in [0.25, 0.3) is 0 Å². The van der Waals surface area contributed by atoms with Crippen molar-refractivity contribution in [1.29, 1.82) is 0 Å². The van der Waals surface area contributed by atoms with Gasteiger partial charge in [0.2, 0.25) is 0 Å². The number of aromatic nitrogens is 1. The summed E-state index contributed by atoms with van der Waals surface area (Å²) in [5.41, 5.74) is 1.28. The third-order valence-corrected chi connectivity index (χ3v) is 3.64. The fourth-order valence-corrected chi connectivity index (χ4v) is 2.43. The van der Waals surface area contributed by atoms with E-state index in [9.17, 15) is 0 Å². The Morgan fingerprint density at radius 3 is 2.83 bits per heavy atom. The predicted octanol–water partition coefficient (Wildman–Crippen LogP) is 3.19. The number of pyridine rings is 1. The molecule has 1 aliphatic rings. The lowest BCUT2D eigenvalue weighted by Crippen LogP contribution is -2.25. The van der Waals surface area contributed by atoms with E-state index in [-0.39, 0.29) is 0 Å². The first kappa shape index (κ1) is 13.8. The number of hydrogen-bond acceptors (Lipinski definition) is 3. The Morgan fingerprint density at radius 2 is 2.22 bits per heavy atom. The van der Waals surface area contributed by atoms with Crippen LogP contribution in [0.4, 0.5) is 5.82 Å². The molecule has 0 amide bonds. The lowest BCUT2D eigenvalue weighted by molar-refractivity contribution is 0.551. The molecule has 18 heavy (non-hydrogen) atoms. The van der Waals surface area contributed by atoms with Gasteiger partial charge in [-0.05, 0) is 47.3 Å². The van der Waals surface area contributed by atoms with E-state index in [0.29, 0.717) is 12.0 Å².